The number of aromatic nitrogens is 1. The lowest BCUT2D eigenvalue weighted by Gasteiger charge is -2.13. The molecule has 1 N–H and O–H groups in total. The molecule has 0 amide bonds. The van der Waals surface area contributed by atoms with E-state index in [0.717, 1.165) is 10.2 Å². The predicted octanol–water partition coefficient (Wildman–Crippen LogP) is 3.70. The summed E-state index contributed by atoms with van der Waals surface area (Å²) in [4.78, 5) is 4.14. The molecule has 0 saturated heterocycles. The SMILES string of the molecule is COc1ccc(Oc2ncccc2[C@@H](C)O)c(Br)c1. The van der Waals surface area contributed by atoms with Gasteiger partial charge in [0, 0.05) is 11.8 Å². The zero-order valence-electron chi connectivity index (χ0n) is 10.6. The first-order chi connectivity index (χ1) is 9.11. The Morgan fingerprint density at radius 2 is 2.11 bits per heavy atom. The van der Waals surface area contributed by atoms with Gasteiger partial charge in [0.1, 0.15) is 11.5 Å². The van der Waals surface area contributed by atoms with Crippen molar-refractivity contribution in [3.8, 4) is 17.4 Å². The van der Waals surface area contributed by atoms with Crippen molar-refractivity contribution in [1.82, 2.24) is 4.98 Å². The third-order valence-electron chi connectivity index (χ3n) is 2.60. The zero-order valence-corrected chi connectivity index (χ0v) is 12.2. The van der Waals surface area contributed by atoms with Gasteiger partial charge in [0.25, 0.3) is 0 Å². The molecule has 1 heterocycles. The summed E-state index contributed by atoms with van der Waals surface area (Å²) in [6.45, 7) is 1.67. The van der Waals surface area contributed by atoms with E-state index in [1.165, 1.54) is 0 Å². The number of halogens is 1. The molecule has 2 aromatic rings. The average molecular weight is 324 g/mol. The number of aliphatic hydroxyl groups is 1. The summed E-state index contributed by atoms with van der Waals surface area (Å²) in [5.41, 5.74) is 0.644. The van der Waals surface area contributed by atoms with Gasteiger partial charge in [-0.25, -0.2) is 4.98 Å². The highest BCUT2D eigenvalue weighted by Gasteiger charge is 2.12. The number of benzene rings is 1. The molecule has 0 bridgehead atoms. The maximum Gasteiger partial charge on any atom is 0.225 e. The number of methoxy groups -OCH3 is 1. The number of rotatable bonds is 4. The summed E-state index contributed by atoms with van der Waals surface area (Å²) in [5.74, 6) is 1.74. The molecule has 4 nitrogen and oxygen atoms in total. The van der Waals surface area contributed by atoms with Crippen molar-refractivity contribution < 1.29 is 14.6 Å². The maximum atomic E-state index is 9.68. The summed E-state index contributed by atoms with van der Waals surface area (Å²) in [7, 11) is 1.60. The summed E-state index contributed by atoms with van der Waals surface area (Å²) in [6, 6.07) is 8.93. The van der Waals surface area contributed by atoms with Gasteiger partial charge in [-0.3, -0.25) is 0 Å². The molecule has 0 aliphatic heterocycles. The molecule has 0 aliphatic rings. The average Bonchev–Trinajstić information content (AvgIpc) is 2.41. The molecule has 1 atom stereocenters. The Morgan fingerprint density at radius 3 is 2.74 bits per heavy atom. The van der Waals surface area contributed by atoms with Crippen molar-refractivity contribution in [3.63, 3.8) is 0 Å². The second-order valence-electron chi connectivity index (χ2n) is 3.97. The van der Waals surface area contributed by atoms with Crippen molar-refractivity contribution >= 4 is 15.9 Å². The molecule has 100 valence electrons. The van der Waals surface area contributed by atoms with Crippen LogP contribution >= 0.6 is 15.9 Å². The largest absolute Gasteiger partial charge is 0.497 e. The minimum atomic E-state index is -0.638. The van der Waals surface area contributed by atoms with Gasteiger partial charge in [-0.15, -0.1) is 0 Å². The van der Waals surface area contributed by atoms with Crippen molar-refractivity contribution in [2.75, 3.05) is 7.11 Å². The van der Waals surface area contributed by atoms with Gasteiger partial charge < -0.3 is 14.6 Å². The number of ether oxygens (including phenoxy) is 2. The molecule has 0 spiro atoms. The van der Waals surface area contributed by atoms with Crippen molar-refractivity contribution in [1.29, 1.82) is 0 Å². The van der Waals surface area contributed by atoms with Crippen LogP contribution < -0.4 is 9.47 Å². The van der Waals surface area contributed by atoms with Crippen LogP contribution in [-0.4, -0.2) is 17.2 Å². The molecule has 0 fully saturated rings. The Morgan fingerprint density at radius 1 is 1.32 bits per heavy atom. The highest BCUT2D eigenvalue weighted by molar-refractivity contribution is 9.10. The lowest BCUT2D eigenvalue weighted by Crippen LogP contribution is -1.98. The summed E-state index contributed by atoms with van der Waals surface area (Å²) < 4.78 is 11.6. The van der Waals surface area contributed by atoms with Crippen molar-refractivity contribution in [3.05, 3.63) is 46.6 Å². The molecule has 2 rings (SSSR count). The third kappa shape index (κ3) is 3.24. The van der Waals surface area contributed by atoms with Gasteiger partial charge in [0.15, 0.2) is 0 Å². The fourth-order valence-electron chi connectivity index (χ4n) is 1.60. The van der Waals surface area contributed by atoms with E-state index in [9.17, 15) is 5.11 Å². The topological polar surface area (TPSA) is 51.6 Å². The van der Waals surface area contributed by atoms with Gasteiger partial charge in [0.05, 0.1) is 17.7 Å². The Hall–Kier alpha value is -1.59. The van der Waals surface area contributed by atoms with Crippen LogP contribution in [0.5, 0.6) is 17.4 Å². The highest BCUT2D eigenvalue weighted by atomic mass is 79.9. The van der Waals surface area contributed by atoms with E-state index in [-0.39, 0.29) is 0 Å². The molecule has 0 radical (unpaired) electrons. The molecular weight excluding hydrogens is 310 g/mol. The number of hydrogen-bond acceptors (Lipinski definition) is 4. The van der Waals surface area contributed by atoms with E-state index in [1.807, 2.05) is 0 Å². The predicted molar refractivity (Wildman–Crippen MR) is 75.6 cm³/mol. The number of nitrogens with zero attached hydrogens (tertiary/aromatic N) is 1. The second-order valence-corrected chi connectivity index (χ2v) is 4.83. The van der Waals surface area contributed by atoms with Crippen LogP contribution in [0, 0.1) is 0 Å². The monoisotopic (exact) mass is 323 g/mol. The van der Waals surface area contributed by atoms with Crippen LogP contribution in [-0.2, 0) is 0 Å². The maximum absolute atomic E-state index is 9.68. The van der Waals surface area contributed by atoms with E-state index >= 15 is 0 Å². The van der Waals surface area contributed by atoms with Gasteiger partial charge in [-0.1, -0.05) is 0 Å². The number of pyridine rings is 1. The van der Waals surface area contributed by atoms with E-state index in [1.54, 1.807) is 50.6 Å². The molecular formula is C14H14BrNO3. The Labute approximate surface area is 120 Å². The van der Waals surface area contributed by atoms with E-state index in [0.29, 0.717) is 17.2 Å². The number of hydrogen-bond donors (Lipinski definition) is 1. The van der Waals surface area contributed by atoms with Crippen LogP contribution in [0.1, 0.15) is 18.6 Å². The highest BCUT2D eigenvalue weighted by Crippen LogP contribution is 2.34. The first kappa shape index (κ1) is 13.8. The normalized spacial score (nSPS) is 12.0. The first-order valence-corrected chi connectivity index (χ1v) is 6.55. The molecule has 5 heteroatoms. The van der Waals surface area contributed by atoms with Crippen LogP contribution in [0.4, 0.5) is 0 Å². The summed E-state index contributed by atoms with van der Waals surface area (Å²) in [5, 5.41) is 9.68. The van der Waals surface area contributed by atoms with Crippen LogP contribution in [0.2, 0.25) is 0 Å². The smallest absolute Gasteiger partial charge is 0.225 e. The fraction of sp³-hybridized carbons (Fsp3) is 0.214. The van der Waals surface area contributed by atoms with E-state index < -0.39 is 6.10 Å². The number of aliphatic hydroxyl groups excluding tert-OH is 1. The standard InChI is InChI=1S/C14H14BrNO3/c1-9(17)11-4-3-7-16-14(11)19-13-6-5-10(18-2)8-12(13)15/h3-9,17H,1-2H3/t9-/m1/s1. The van der Waals surface area contributed by atoms with Crippen LogP contribution in [0.25, 0.3) is 0 Å². The first-order valence-electron chi connectivity index (χ1n) is 5.76. The lowest BCUT2D eigenvalue weighted by atomic mass is 10.2. The van der Waals surface area contributed by atoms with Crippen molar-refractivity contribution in [2.24, 2.45) is 0 Å². The minimum absolute atomic E-state index is 0.392. The van der Waals surface area contributed by atoms with Crippen LogP contribution in [0.15, 0.2) is 41.0 Å². The fourth-order valence-corrected chi connectivity index (χ4v) is 2.04. The third-order valence-corrected chi connectivity index (χ3v) is 3.22. The zero-order chi connectivity index (χ0) is 13.8. The Balaban J connectivity index is 2.31. The summed E-state index contributed by atoms with van der Waals surface area (Å²) in [6.07, 6.45) is 0.985. The van der Waals surface area contributed by atoms with Gasteiger partial charge in [-0.2, -0.15) is 0 Å². The van der Waals surface area contributed by atoms with Gasteiger partial charge in [0.2, 0.25) is 5.88 Å². The van der Waals surface area contributed by atoms with E-state index in [4.69, 9.17) is 9.47 Å². The van der Waals surface area contributed by atoms with Gasteiger partial charge >= 0.3 is 0 Å². The molecule has 0 unspecified atom stereocenters. The molecule has 19 heavy (non-hydrogen) atoms. The molecule has 1 aromatic carbocycles. The summed E-state index contributed by atoms with van der Waals surface area (Å²) >= 11 is 3.41. The van der Waals surface area contributed by atoms with E-state index in [2.05, 4.69) is 20.9 Å². The van der Waals surface area contributed by atoms with Crippen LogP contribution in [0.3, 0.4) is 0 Å². The minimum Gasteiger partial charge on any atom is -0.497 e. The molecule has 0 saturated carbocycles. The lowest BCUT2D eigenvalue weighted by molar-refractivity contribution is 0.194. The molecule has 0 aliphatic carbocycles. The Kier molecular flexibility index (Phi) is 4.39. The van der Waals surface area contributed by atoms with Crippen molar-refractivity contribution in [2.45, 2.75) is 13.0 Å². The van der Waals surface area contributed by atoms with Gasteiger partial charge in [-0.05, 0) is 53.2 Å². The quantitative estimate of drug-likeness (QED) is 0.932. The second kappa shape index (κ2) is 6.04. The molecule has 1 aromatic heterocycles. The Bertz CT molecular complexity index is 572.